The molecule has 1 aliphatic heterocycles. The van der Waals surface area contributed by atoms with Gasteiger partial charge in [-0.2, -0.15) is 0 Å². The summed E-state index contributed by atoms with van der Waals surface area (Å²) in [5, 5.41) is 10.0. The summed E-state index contributed by atoms with van der Waals surface area (Å²) in [5.41, 5.74) is 1.18. The molecule has 0 bridgehead atoms. The second-order valence-electron chi connectivity index (χ2n) is 5.37. The first-order valence-electron chi connectivity index (χ1n) is 7.14. The van der Waals surface area contributed by atoms with E-state index in [1.54, 1.807) is 31.2 Å². The Morgan fingerprint density at radius 1 is 1.09 bits per heavy atom. The molecule has 1 aromatic rings. The van der Waals surface area contributed by atoms with Crippen LogP contribution < -0.4 is 21.3 Å². The van der Waals surface area contributed by atoms with Crippen molar-refractivity contribution in [2.75, 3.05) is 10.6 Å². The van der Waals surface area contributed by atoms with Gasteiger partial charge in [0.2, 0.25) is 17.7 Å². The van der Waals surface area contributed by atoms with E-state index in [0.29, 0.717) is 11.4 Å². The Labute approximate surface area is 133 Å². The predicted molar refractivity (Wildman–Crippen MR) is 83.6 cm³/mol. The maximum absolute atomic E-state index is 12.0. The van der Waals surface area contributed by atoms with Crippen LogP contribution in [-0.4, -0.2) is 29.8 Å². The fourth-order valence-electron chi connectivity index (χ4n) is 2.30. The highest BCUT2D eigenvalue weighted by atomic mass is 16.2. The molecular formula is C15H18N4O4. The van der Waals surface area contributed by atoms with E-state index < -0.39 is 23.9 Å². The number of carbonyl (C=O) groups excluding carboxylic acids is 4. The average molecular weight is 318 g/mol. The van der Waals surface area contributed by atoms with Crippen molar-refractivity contribution in [2.45, 2.75) is 26.3 Å². The summed E-state index contributed by atoms with van der Waals surface area (Å²) in [7, 11) is 0. The molecule has 0 aliphatic carbocycles. The molecule has 0 aromatic heterocycles. The van der Waals surface area contributed by atoms with Crippen LogP contribution in [0.1, 0.15) is 20.3 Å². The number of anilines is 2. The second-order valence-corrected chi connectivity index (χ2v) is 5.37. The molecule has 0 spiro atoms. The lowest BCUT2D eigenvalue weighted by Gasteiger charge is -2.28. The number of carbonyl (C=O) groups is 4. The van der Waals surface area contributed by atoms with Crippen LogP contribution in [0.15, 0.2) is 24.3 Å². The van der Waals surface area contributed by atoms with Gasteiger partial charge in [0.05, 0.1) is 5.92 Å². The van der Waals surface area contributed by atoms with Crippen molar-refractivity contribution in [3.05, 3.63) is 24.3 Å². The molecule has 122 valence electrons. The minimum Gasteiger partial charge on any atom is -0.335 e. The number of nitrogens with one attached hydrogen (secondary N) is 4. The first-order chi connectivity index (χ1) is 10.8. The number of rotatable bonds is 4. The lowest BCUT2D eigenvalue weighted by atomic mass is 9.94. The fourth-order valence-corrected chi connectivity index (χ4v) is 2.30. The van der Waals surface area contributed by atoms with Crippen molar-refractivity contribution in [1.29, 1.82) is 0 Å². The predicted octanol–water partition coefficient (Wildman–Crippen LogP) is 0.818. The van der Waals surface area contributed by atoms with Gasteiger partial charge in [-0.15, -0.1) is 0 Å². The number of imide groups is 1. The number of amides is 5. The van der Waals surface area contributed by atoms with Gasteiger partial charge in [-0.05, 0) is 31.2 Å². The van der Waals surface area contributed by atoms with Crippen LogP contribution in [0.3, 0.4) is 0 Å². The molecule has 1 fully saturated rings. The third kappa shape index (κ3) is 4.53. The Morgan fingerprint density at radius 3 is 2.17 bits per heavy atom. The first kappa shape index (κ1) is 16.5. The van der Waals surface area contributed by atoms with E-state index in [4.69, 9.17) is 0 Å². The molecular weight excluding hydrogens is 300 g/mol. The minimum atomic E-state index is -0.619. The maximum atomic E-state index is 12.0. The monoisotopic (exact) mass is 318 g/mol. The molecule has 8 heteroatoms. The van der Waals surface area contributed by atoms with E-state index in [0.717, 1.165) is 0 Å². The van der Waals surface area contributed by atoms with Gasteiger partial charge in [0.25, 0.3) is 0 Å². The highest BCUT2D eigenvalue weighted by Crippen LogP contribution is 2.17. The quantitative estimate of drug-likeness (QED) is 0.657. The summed E-state index contributed by atoms with van der Waals surface area (Å²) in [6.45, 7) is 3.08. The number of urea groups is 1. The van der Waals surface area contributed by atoms with E-state index >= 15 is 0 Å². The SMILES string of the molecule is CC(=O)Nc1ccc(NC(=O)CC2C(=O)NC(=O)NC2C)cc1. The Bertz CT molecular complexity index is 641. The van der Waals surface area contributed by atoms with Gasteiger partial charge >= 0.3 is 6.03 Å². The highest BCUT2D eigenvalue weighted by molar-refractivity contribution is 6.01. The van der Waals surface area contributed by atoms with Gasteiger partial charge in [0.15, 0.2) is 0 Å². The normalized spacial score (nSPS) is 20.3. The van der Waals surface area contributed by atoms with Gasteiger partial charge in [-0.3, -0.25) is 19.7 Å². The minimum absolute atomic E-state index is 0.0409. The topological polar surface area (TPSA) is 116 Å². The smallest absolute Gasteiger partial charge is 0.321 e. The first-order valence-corrected chi connectivity index (χ1v) is 7.14. The molecule has 2 atom stereocenters. The lowest BCUT2D eigenvalue weighted by molar-refractivity contribution is -0.129. The number of benzene rings is 1. The second kappa shape index (κ2) is 6.91. The summed E-state index contributed by atoms with van der Waals surface area (Å²) in [6, 6.07) is 5.65. The summed E-state index contributed by atoms with van der Waals surface area (Å²) in [4.78, 5) is 45.9. The summed E-state index contributed by atoms with van der Waals surface area (Å²) in [5.74, 6) is -1.59. The van der Waals surface area contributed by atoms with E-state index in [-0.39, 0.29) is 18.2 Å². The molecule has 2 rings (SSSR count). The molecule has 1 aliphatic rings. The Balaban J connectivity index is 1.93. The molecule has 1 heterocycles. The standard InChI is InChI=1S/C15H18N4O4/c1-8-12(14(22)19-15(23)16-8)7-13(21)18-11-5-3-10(4-6-11)17-9(2)20/h3-6,8,12H,7H2,1-2H3,(H,17,20)(H,18,21)(H2,16,19,22,23). The molecule has 1 aromatic carbocycles. The molecule has 5 amide bonds. The van der Waals surface area contributed by atoms with Crippen molar-refractivity contribution >= 4 is 35.1 Å². The molecule has 8 nitrogen and oxygen atoms in total. The fraction of sp³-hybridized carbons (Fsp3) is 0.333. The van der Waals surface area contributed by atoms with Crippen molar-refractivity contribution < 1.29 is 19.2 Å². The van der Waals surface area contributed by atoms with Gasteiger partial charge in [0, 0.05) is 30.8 Å². The Morgan fingerprint density at radius 2 is 1.65 bits per heavy atom. The van der Waals surface area contributed by atoms with E-state index in [2.05, 4.69) is 21.3 Å². The number of hydrogen-bond donors (Lipinski definition) is 4. The zero-order valence-corrected chi connectivity index (χ0v) is 12.8. The zero-order valence-electron chi connectivity index (χ0n) is 12.8. The lowest BCUT2D eigenvalue weighted by Crippen LogP contribution is -2.57. The zero-order chi connectivity index (χ0) is 17.0. The Hall–Kier alpha value is -2.90. The molecule has 4 N–H and O–H groups in total. The van der Waals surface area contributed by atoms with Crippen LogP contribution in [0, 0.1) is 5.92 Å². The van der Waals surface area contributed by atoms with Gasteiger partial charge in [-0.25, -0.2) is 4.79 Å². The van der Waals surface area contributed by atoms with Crippen LogP contribution in [0.25, 0.3) is 0 Å². The summed E-state index contributed by atoms with van der Waals surface area (Å²) >= 11 is 0. The number of hydrogen-bond acceptors (Lipinski definition) is 4. The van der Waals surface area contributed by atoms with E-state index in [9.17, 15) is 19.2 Å². The van der Waals surface area contributed by atoms with Crippen molar-refractivity contribution in [3.63, 3.8) is 0 Å². The van der Waals surface area contributed by atoms with Gasteiger partial charge < -0.3 is 16.0 Å². The van der Waals surface area contributed by atoms with Crippen LogP contribution >= 0.6 is 0 Å². The van der Waals surface area contributed by atoms with Crippen molar-refractivity contribution in [1.82, 2.24) is 10.6 Å². The molecule has 0 saturated carbocycles. The summed E-state index contributed by atoms with van der Waals surface area (Å²) in [6.07, 6.45) is -0.0409. The van der Waals surface area contributed by atoms with Crippen LogP contribution in [0.5, 0.6) is 0 Å². The van der Waals surface area contributed by atoms with Gasteiger partial charge in [0.1, 0.15) is 0 Å². The van der Waals surface area contributed by atoms with Crippen LogP contribution in [0.4, 0.5) is 16.2 Å². The largest absolute Gasteiger partial charge is 0.335 e. The summed E-state index contributed by atoms with van der Waals surface area (Å²) < 4.78 is 0. The van der Waals surface area contributed by atoms with Crippen LogP contribution in [-0.2, 0) is 14.4 Å². The van der Waals surface area contributed by atoms with E-state index in [1.807, 2.05) is 0 Å². The molecule has 2 unspecified atom stereocenters. The molecule has 1 saturated heterocycles. The Kier molecular flexibility index (Phi) is 4.95. The van der Waals surface area contributed by atoms with Crippen molar-refractivity contribution in [2.24, 2.45) is 5.92 Å². The van der Waals surface area contributed by atoms with Crippen LogP contribution in [0.2, 0.25) is 0 Å². The molecule has 0 radical (unpaired) electrons. The third-order valence-corrected chi connectivity index (χ3v) is 3.43. The highest BCUT2D eigenvalue weighted by Gasteiger charge is 2.34. The molecule has 23 heavy (non-hydrogen) atoms. The van der Waals surface area contributed by atoms with E-state index in [1.165, 1.54) is 6.92 Å². The van der Waals surface area contributed by atoms with Gasteiger partial charge in [-0.1, -0.05) is 0 Å². The third-order valence-electron chi connectivity index (χ3n) is 3.43. The van der Waals surface area contributed by atoms with Crippen molar-refractivity contribution in [3.8, 4) is 0 Å². The maximum Gasteiger partial charge on any atom is 0.321 e. The average Bonchev–Trinajstić information content (AvgIpc) is 2.44.